The van der Waals surface area contributed by atoms with E-state index in [0.29, 0.717) is 6.73 Å². The van der Waals surface area contributed by atoms with E-state index in [4.69, 9.17) is 4.74 Å². The number of methoxy groups -OCH3 is 1. The van der Waals surface area contributed by atoms with Gasteiger partial charge in [-0.25, -0.2) is 0 Å². The van der Waals surface area contributed by atoms with Crippen LogP contribution < -0.4 is 0 Å². The first-order valence-electron chi connectivity index (χ1n) is 2.35. The van der Waals surface area contributed by atoms with Crippen molar-refractivity contribution in [3.63, 3.8) is 0 Å². The molecule has 0 spiro atoms. The molecule has 0 atom stereocenters. The van der Waals surface area contributed by atoms with E-state index >= 15 is 0 Å². The molecule has 0 aromatic carbocycles. The molecular formula is C6H11NO. The molecule has 0 N–H and O–H groups in total. The minimum Gasteiger partial charge on any atom is -0.364 e. The molecule has 2 nitrogen and oxygen atoms in total. The first kappa shape index (κ1) is 7.24. The molecule has 2 heteroatoms. The molecule has 0 heterocycles. The largest absolute Gasteiger partial charge is 0.364 e. The van der Waals surface area contributed by atoms with Crippen LogP contribution in [0.25, 0.3) is 0 Å². The number of rotatable bonds is 4. The van der Waals surface area contributed by atoms with Gasteiger partial charge in [-0.15, -0.1) is 0 Å². The van der Waals surface area contributed by atoms with Crippen LogP contribution in [0, 0.1) is 0 Å². The molecule has 0 bridgehead atoms. The number of hydrogen-bond acceptors (Lipinski definition) is 2. The lowest BCUT2D eigenvalue weighted by atomic mass is 10.7. The van der Waals surface area contributed by atoms with E-state index in [-0.39, 0.29) is 0 Å². The van der Waals surface area contributed by atoms with E-state index in [2.05, 4.69) is 13.2 Å². The summed E-state index contributed by atoms with van der Waals surface area (Å²) in [5.41, 5.74) is 0. The second-order valence-corrected chi connectivity index (χ2v) is 1.30. The Balaban J connectivity index is 3.35. The van der Waals surface area contributed by atoms with Crippen molar-refractivity contribution in [2.24, 2.45) is 0 Å². The summed E-state index contributed by atoms with van der Waals surface area (Å²) in [5.74, 6) is 0. The molecule has 0 aromatic heterocycles. The minimum absolute atomic E-state index is 0.521. The van der Waals surface area contributed by atoms with Gasteiger partial charge in [0.2, 0.25) is 0 Å². The molecule has 8 heavy (non-hydrogen) atoms. The Morgan fingerprint density at radius 1 is 1.50 bits per heavy atom. The Kier molecular flexibility index (Phi) is 3.98. The molecule has 0 radical (unpaired) electrons. The Morgan fingerprint density at radius 2 is 2.00 bits per heavy atom. The lowest BCUT2D eigenvalue weighted by molar-refractivity contribution is 0.124. The third-order valence-electron chi connectivity index (χ3n) is 0.747. The summed E-state index contributed by atoms with van der Waals surface area (Å²) >= 11 is 0. The van der Waals surface area contributed by atoms with Gasteiger partial charge in [0.1, 0.15) is 6.73 Å². The Morgan fingerprint density at radius 3 is 2.12 bits per heavy atom. The highest BCUT2D eigenvalue weighted by Gasteiger charge is 1.84. The molecule has 0 unspecified atom stereocenters. The highest BCUT2D eigenvalue weighted by molar-refractivity contribution is 4.77. The van der Waals surface area contributed by atoms with Gasteiger partial charge in [0.25, 0.3) is 0 Å². The fourth-order valence-corrected chi connectivity index (χ4v) is 0.329. The maximum absolute atomic E-state index is 4.77. The molecule has 0 fully saturated rings. The van der Waals surface area contributed by atoms with Crippen molar-refractivity contribution >= 4 is 0 Å². The van der Waals surface area contributed by atoms with Crippen molar-refractivity contribution in [2.75, 3.05) is 13.8 Å². The average molecular weight is 113 g/mol. The van der Waals surface area contributed by atoms with Crippen LogP contribution in [0.4, 0.5) is 0 Å². The van der Waals surface area contributed by atoms with Crippen molar-refractivity contribution in [2.45, 2.75) is 0 Å². The van der Waals surface area contributed by atoms with Crippen molar-refractivity contribution in [1.82, 2.24) is 4.90 Å². The second-order valence-electron chi connectivity index (χ2n) is 1.30. The molecule has 0 amide bonds. The van der Waals surface area contributed by atoms with Crippen molar-refractivity contribution in [3.8, 4) is 0 Å². The Hall–Kier alpha value is -0.760. The van der Waals surface area contributed by atoms with Gasteiger partial charge >= 0.3 is 0 Å². The van der Waals surface area contributed by atoms with E-state index < -0.39 is 0 Å². The average Bonchev–Trinajstić information content (AvgIpc) is 1.83. The van der Waals surface area contributed by atoms with E-state index in [9.17, 15) is 0 Å². The highest BCUT2D eigenvalue weighted by Crippen LogP contribution is 1.85. The quantitative estimate of drug-likeness (QED) is 0.507. The first-order valence-corrected chi connectivity index (χ1v) is 2.35. The summed E-state index contributed by atoms with van der Waals surface area (Å²) in [4.78, 5) is 1.74. The standard InChI is InChI=1S/C6H11NO/c1-4-7(5-2)6-8-3/h4-5H,1-2,6H2,3H3. The first-order chi connectivity index (χ1) is 3.85. The summed E-state index contributed by atoms with van der Waals surface area (Å²) in [6, 6.07) is 0. The zero-order valence-electron chi connectivity index (χ0n) is 5.13. The lowest BCUT2D eigenvalue weighted by Gasteiger charge is -2.10. The number of ether oxygens (including phenoxy) is 1. The molecular weight excluding hydrogens is 102 g/mol. The zero-order chi connectivity index (χ0) is 6.41. The zero-order valence-corrected chi connectivity index (χ0v) is 5.13. The van der Waals surface area contributed by atoms with E-state index in [1.165, 1.54) is 0 Å². The fraction of sp³-hybridized carbons (Fsp3) is 0.333. The second kappa shape index (κ2) is 4.40. The molecule has 0 aliphatic heterocycles. The lowest BCUT2D eigenvalue weighted by Crippen LogP contribution is -2.10. The summed E-state index contributed by atoms with van der Waals surface area (Å²) < 4.78 is 4.77. The van der Waals surface area contributed by atoms with Gasteiger partial charge in [-0.2, -0.15) is 0 Å². The molecule has 46 valence electrons. The maximum atomic E-state index is 4.77. The minimum atomic E-state index is 0.521. The van der Waals surface area contributed by atoms with Crippen LogP contribution in [0.2, 0.25) is 0 Å². The maximum Gasteiger partial charge on any atom is 0.121 e. The summed E-state index contributed by atoms with van der Waals surface area (Å²) in [7, 11) is 1.62. The van der Waals surface area contributed by atoms with Crippen LogP contribution in [0.5, 0.6) is 0 Å². The van der Waals surface area contributed by atoms with E-state index in [1.54, 1.807) is 24.4 Å². The Labute approximate surface area is 50.1 Å². The van der Waals surface area contributed by atoms with Crippen LogP contribution in [-0.4, -0.2) is 18.7 Å². The normalized spacial score (nSPS) is 8.12. The van der Waals surface area contributed by atoms with E-state index in [0.717, 1.165) is 0 Å². The van der Waals surface area contributed by atoms with Crippen LogP contribution in [-0.2, 0) is 4.74 Å². The topological polar surface area (TPSA) is 12.5 Å². The number of hydrogen-bond donors (Lipinski definition) is 0. The van der Waals surface area contributed by atoms with Crippen molar-refractivity contribution in [3.05, 3.63) is 25.6 Å². The van der Waals surface area contributed by atoms with Gasteiger partial charge in [-0.05, 0) is 12.4 Å². The summed E-state index contributed by atoms with van der Waals surface area (Å²) in [6.07, 6.45) is 3.30. The molecule has 0 rings (SSSR count). The fourth-order valence-electron chi connectivity index (χ4n) is 0.329. The van der Waals surface area contributed by atoms with Crippen LogP contribution in [0.15, 0.2) is 25.6 Å². The van der Waals surface area contributed by atoms with Gasteiger partial charge in [0.05, 0.1) is 0 Å². The molecule has 0 aromatic rings. The van der Waals surface area contributed by atoms with Gasteiger partial charge in [-0.1, -0.05) is 13.2 Å². The van der Waals surface area contributed by atoms with Crippen molar-refractivity contribution in [1.29, 1.82) is 0 Å². The molecule has 0 saturated heterocycles. The smallest absolute Gasteiger partial charge is 0.121 e. The monoisotopic (exact) mass is 113 g/mol. The van der Waals surface area contributed by atoms with E-state index in [1.807, 2.05) is 0 Å². The third kappa shape index (κ3) is 2.42. The molecule has 0 aliphatic carbocycles. The SMILES string of the molecule is C=CN(C=C)COC. The number of nitrogens with zero attached hydrogens (tertiary/aromatic N) is 1. The van der Waals surface area contributed by atoms with Gasteiger partial charge < -0.3 is 9.64 Å². The van der Waals surface area contributed by atoms with Gasteiger partial charge in [-0.3, -0.25) is 0 Å². The highest BCUT2D eigenvalue weighted by atomic mass is 16.5. The Bertz CT molecular complexity index is 72.6. The molecule has 0 saturated carbocycles. The van der Waals surface area contributed by atoms with Crippen molar-refractivity contribution < 1.29 is 4.74 Å². The van der Waals surface area contributed by atoms with Crippen LogP contribution in [0.1, 0.15) is 0 Å². The van der Waals surface area contributed by atoms with Gasteiger partial charge in [0.15, 0.2) is 0 Å². The predicted octanol–water partition coefficient (Wildman–Crippen LogP) is 1.18. The molecule has 0 aliphatic rings. The third-order valence-corrected chi connectivity index (χ3v) is 0.747. The summed E-state index contributed by atoms with van der Waals surface area (Å²) in [6.45, 7) is 7.57. The van der Waals surface area contributed by atoms with Gasteiger partial charge in [0, 0.05) is 7.11 Å². The van der Waals surface area contributed by atoms with Crippen LogP contribution in [0.3, 0.4) is 0 Å². The summed E-state index contributed by atoms with van der Waals surface area (Å²) in [5, 5.41) is 0. The van der Waals surface area contributed by atoms with Crippen LogP contribution >= 0.6 is 0 Å². The predicted molar refractivity (Wildman–Crippen MR) is 34.1 cm³/mol.